The maximum absolute atomic E-state index is 10.3. The SMILES string of the molecule is C=CCO[C@H]1OC[C@@H]2C[C@H](O)C(c3ccccc3)=C21. The van der Waals surface area contributed by atoms with Crippen LogP contribution in [0.25, 0.3) is 5.57 Å². The Kier molecular flexibility index (Phi) is 3.51. The summed E-state index contributed by atoms with van der Waals surface area (Å²) in [7, 11) is 0. The Morgan fingerprint density at radius 3 is 2.89 bits per heavy atom. The molecule has 0 unspecified atom stereocenters. The molecule has 1 aromatic rings. The molecule has 19 heavy (non-hydrogen) atoms. The lowest BCUT2D eigenvalue weighted by Gasteiger charge is -2.16. The van der Waals surface area contributed by atoms with Crippen LogP contribution in [-0.2, 0) is 9.47 Å². The Morgan fingerprint density at radius 2 is 2.16 bits per heavy atom. The van der Waals surface area contributed by atoms with Gasteiger partial charge in [0.25, 0.3) is 0 Å². The van der Waals surface area contributed by atoms with Gasteiger partial charge >= 0.3 is 0 Å². The van der Waals surface area contributed by atoms with E-state index in [2.05, 4.69) is 6.58 Å². The van der Waals surface area contributed by atoms with Gasteiger partial charge in [0.05, 0.1) is 19.3 Å². The third-order valence-electron chi connectivity index (χ3n) is 3.74. The van der Waals surface area contributed by atoms with Gasteiger partial charge in [-0.3, -0.25) is 0 Å². The first-order chi connectivity index (χ1) is 9.31. The first kappa shape index (κ1) is 12.6. The molecule has 3 atom stereocenters. The highest BCUT2D eigenvalue weighted by atomic mass is 16.7. The lowest BCUT2D eigenvalue weighted by Crippen LogP contribution is -2.15. The van der Waals surface area contributed by atoms with Crippen molar-refractivity contribution < 1.29 is 14.6 Å². The summed E-state index contributed by atoms with van der Waals surface area (Å²) in [5, 5.41) is 10.3. The number of fused-ring (bicyclic) bond motifs is 1. The number of ether oxygens (including phenoxy) is 2. The van der Waals surface area contributed by atoms with E-state index in [1.807, 2.05) is 30.3 Å². The van der Waals surface area contributed by atoms with Crippen molar-refractivity contribution in [2.75, 3.05) is 13.2 Å². The van der Waals surface area contributed by atoms with Gasteiger partial charge in [0.2, 0.25) is 0 Å². The smallest absolute Gasteiger partial charge is 0.181 e. The molecule has 1 aliphatic carbocycles. The Hall–Kier alpha value is -1.42. The fourth-order valence-electron chi connectivity index (χ4n) is 2.97. The van der Waals surface area contributed by atoms with E-state index in [1.165, 1.54) is 0 Å². The van der Waals surface area contributed by atoms with Gasteiger partial charge in [-0.05, 0) is 23.1 Å². The second-order valence-corrected chi connectivity index (χ2v) is 4.97. The van der Waals surface area contributed by atoms with E-state index in [-0.39, 0.29) is 12.2 Å². The molecule has 1 aromatic carbocycles. The number of aliphatic hydroxyl groups is 1. The van der Waals surface area contributed by atoms with Gasteiger partial charge in [-0.25, -0.2) is 0 Å². The Bertz CT molecular complexity index is 492. The van der Waals surface area contributed by atoms with Crippen LogP contribution in [0.5, 0.6) is 0 Å². The maximum Gasteiger partial charge on any atom is 0.181 e. The summed E-state index contributed by atoms with van der Waals surface area (Å²) < 4.78 is 11.3. The number of rotatable bonds is 4. The van der Waals surface area contributed by atoms with Crippen molar-refractivity contribution in [2.45, 2.75) is 18.8 Å². The molecule has 2 aliphatic rings. The van der Waals surface area contributed by atoms with E-state index in [4.69, 9.17) is 9.47 Å². The lowest BCUT2D eigenvalue weighted by atomic mass is 9.99. The van der Waals surface area contributed by atoms with Gasteiger partial charge in [0.15, 0.2) is 6.29 Å². The summed E-state index contributed by atoms with van der Waals surface area (Å²) >= 11 is 0. The third-order valence-corrected chi connectivity index (χ3v) is 3.74. The summed E-state index contributed by atoms with van der Waals surface area (Å²) in [6.45, 7) is 4.74. The summed E-state index contributed by atoms with van der Waals surface area (Å²) in [6, 6.07) is 9.99. The average Bonchev–Trinajstić information content (AvgIpc) is 2.95. The summed E-state index contributed by atoms with van der Waals surface area (Å²) in [5.74, 6) is 0.278. The van der Waals surface area contributed by atoms with Crippen LogP contribution in [0.4, 0.5) is 0 Å². The zero-order valence-electron chi connectivity index (χ0n) is 10.8. The number of aliphatic hydroxyl groups excluding tert-OH is 1. The van der Waals surface area contributed by atoms with Gasteiger partial charge in [-0.2, -0.15) is 0 Å². The van der Waals surface area contributed by atoms with Crippen LogP contribution in [0.3, 0.4) is 0 Å². The van der Waals surface area contributed by atoms with E-state index in [1.54, 1.807) is 6.08 Å². The van der Waals surface area contributed by atoms with Crippen molar-refractivity contribution in [3.8, 4) is 0 Å². The summed E-state index contributed by atoms with van der Waals surface area (Å²) in [4.78, 5) is 0. The molecule has 100 valence electrons. The average molecular weight is 258 g/mol. The molecule has 0 spiro atoms. The van der Waals surface area contributed by atoms with E-state index < -0.39 is 6.10 Å². The van der Waals surface area contributed by atoms with Crippen molar-refractivity contribution in [1.29, 1.82) is 0 Å². The largest absolute Gasteiger partial charge is 0.388 e. The van der Waals surface area contributed by atoms with E-state index in [0.29, 0.717) is 13.2 Å². The predicted molar refractivity (Wildman–Crippen MR) is 73.4 cm³/mol. The zero-order valence-corrected chi connectivity index (χ0v) is 10.8. The highest BCUT2D eigenvalue weighted by molar-refractivity contribution is 5.75. The Balaban J connectivity index is 1.97. The monoisotopic (exact) mass is 258 g/mol. The third kappa shape index (κ3) is 2.25. The second-order valence-electron chi connectivity index (χ2n) is 4.97. The van der Waals surface area contributed by atoms with Crippen LogP contribution in [0.2, 0.25) is 0 Å². The molecule has 1 heterocycles. The predicted octanol–water partition coefficient (Wildman–Crippen LogP) is 2.38. The van der Waals surface area contributed by atoms with Gasteiger partial charge in [-0.15, -0.1) is 6.58 Å². The van der Waals surface area contributed by atoms with Crippen molar-refractivity contribution in [3.05, 3.63) is 54.1 Å². The molecular formula is C16H18O3. The molecule has 3 heteroatoms. The van der Waals surface area contributed by atoms with Gasteiger partial charge in [0, 0.05) is 5.92 Å². The van der Waals surface area contributed by atoms with Gasteiger partial charge in [0.1, 0.15) is 0 Å². The van der Waals surface area contributed by atoms with Crippen LogP contribution < -0.4 is 0 Å². The van der Waals surface area contributed by atoms with Crippen LogP contribution >= 0.6 is 0 Å². The van der Waals surface area contributed by atoms with E-state index >= 15 is 0 Å². The molecule has 1 fully saturated rings. The molecule has 0 radical (unpaired) electrons. The quantitative estimate of drug-likeness (QED) is 0.843. The molecule has 0 saturated carbocycles. The minimum atomic E-state index is -0.416. The molecule has 1 N–H and O–H groups in total. The van der Waals surface area contributed by atoms with Crippen molar-refractivity contribution in [2.24, 2.45) is 5.92 Å². The number of hydrogen-bond acceptors (Lipinski definition) is 3. The normalized spacial score (nSPS) is 29.6. The van der Waals surface area contributed by atoms with E-state index in [9.17, 15) is 5.11 Å². The highest BCUT2D eigenvalue weighted by Gasteiger charge is 2.42. The minimum absolute atomic E-state index is 0.278. The van der Waals surface area contributed by atoms with Gasteiger partial charge < -0.3 is 14.6 Å². The lowest BCUT2D eigenvalue weighted by molar-refractivity contribution is -0.0848. The first-order valence-electron chi connectivity index (χ1n) is 6.62. The molecule has 0 amide bonds. The van der Waals surface area contributed by atoms with Crippen LogP contribution in [-0.4, -0.2) is 30.7 Å². The van der Waals surface area contributed by atoms with E-state index in [0.717, 1.165) is 23.1 Å². The second kappa shape index (κ2) is 5.29. The van der Waals surface area contributed by atoms with Crippen molar-refractivity contribution in [3.63, 3.8) is 0 Å². The molecular weight excluding hydrogens is 240 g/mol. The molecule has 0 bridgehead atoms. The molecule has 3 nitrogen and oxygen atoms in total. The van der Waals surface area contributed by atoms with Crippen molar-refractivity contribution in [1.82, 2.24) is 0 Å². The Morgan fingerprint density at radius 1 is 1.37 bits per heavy atom. The van der Waals surface area contributed by atoms with Crippen LogP contribution in [0.15, 0.2) is 48.6 Å². The van der Waals surface area contributed by atoms with Crippen LogP contribution in [0, 0.1) is 5.92 Å². The maximum atomic E-state index is 10.3. The highest BCUT2D eigenvalue weighted by Crippen LogP contribution is 2.44. The Labute approximate surface area is 113 Å². The fourth-order valence-corrected chi connectivity index (χ4v) is 2.97. The van der Waals surface area contributed by atoms with Crippen molar-refractivity contribution >= 4 is 5.57 Å². The first-order valence-corrected chi connectivity index (χ1v) is 6.62. The fraction of sp³-hybridized carbons (Fsp3) is 0.375. The standard InChI is InChI=1S/C16H18O3/c1-2-8-18-16-15-12(10-19-16)9-13(17)14(15)11-6-4-3-5-7-11/h2-7,12-13,16-17H,1,8-10H2/t12-,13-,16-/m0/s1. The minimum Gasteiger partial charge on any atom is -0.388 e. The molecule has 1 aliphatic heterocycles. The van der Waals surface area contributed by atoms with Gasteiger partial charge in [-0.1, -0.05) is 36.4 Å². The summed E-state index contributed by atoms with van der Waals surface area (Å²) in [5.41, 5.74) is 3.16. The zero-order chi connectivity index (χ0) is 13.2. The summed E-state index contributed by atoms with van der Waals surface area (Å²) in [6.07, 6.45) is 1.69. The molecule has 0 aromatic heterocycles. The topological polar surface area (TPSA) is 38.7 Å². The van der Waals surface area contributed by atoms with Crippen LogP contribution in [0.1, 0.15) is 12.0 Å². The number of hydrogen-bond donors (Lipinski definition) is 1. The molecule has 3 rings (SSSR count). The number of benzene rings is 1. The molecule has 1 saturated heterocycles.